The van der Waals surface area contributed by atoms with Gasteiger partial charge in [-0.15, -0.1) is 0 Å². The van der Waals surface area contributed by atoms with Gasteiger partial charge in [-0.3, -0.25) is 4.90 Å². The van der Waals surface area contributed by atoms with E-state index < -0.39 is 11.7 Å². The Bertz CT molecular complexity index is 413. The maximum atomic E-state index is 12.6. The number of hydrogen-bond donors (Lipinski definition) is 1. The molecule has 1 N–H and O–H groups in total. The molecule has 100 valence electrons. The predicted octanol–water partition coefficient (Wildman–Crippen LogP) is 2.67. The zero-order valence-electron chi connectivity index (χ0n) is 10.5. The molecule has 2 rings (SSSR count). The van der Waals surface area contributed by atoms with E-state index in [-0.39, 0.29) is 6.04 Å². The molecule has 1 fully saturated rings. The quantitative estimate of drug-likeness (QED) is 0.896. The second-order valence-corrected chi connectivity index (χ2v) is 4.78. The van der Waals surface area contributed by atoms with Gasteiger partial charge < -0.3 is 5.32 Å². The number of rotatable bonds is 3. The van der Waals surface area contributed by atoms with E-state index in [0.717, 1.165) is 19.2 Å². The zero-order chi connectivity index (χ0) is 13.3. The predicted molar refractivity (Wildman–Crippen MR) is 64.3 cm³/mol. The lowest BCUT2D eigenvalue weighted by Gasteiger charge is -2.39. The largest absolute Gasteiger partial charge is 0.416 e. The molecule has 1 aromatic rings. The third-order valence-corrected chi connectivity index (χ3v) is 3.64. The number of likely N-dealkylation sites (N-methyl/N-ethyl adjacent to an activating group) is 1. The summed E-state index contributed by atoms with van der Waals surface area (Å²) in [6.45, 7) is 3.74. The summed E-state index contributed by atoms with van der Waals surface area (Å²) < 4.78 is 37.9. The SMILES string of the molecule is CC(c1cccc(C(F)(F)F)c1)N(C)C1CNC1. The summed E-state index contributed by atoms with van der Waals surface area (Å²) in [6, 6.07) is 5.98. The molecule has 1 aromatic carbocycles. The van der Waals surface area contributed by atoms with Gasteiger partial charge in [0.25, 0.3) is 0 Å². The summed E-state index contributed by atoms with van der Waals surface area (Å²) in [4.78, 5) is 2.12. The Kier molecular flexibility index (Phi) is 3.64. The van der Waals surface area contributed by atoms with E-state index in [1.54, 1.807) is 6.07 Å². The first-order chi connectivity index (χ1) is 8.39. The normalized spacial score (nSPS) is 18.8. The van der Waals surface area contributed by atoms with Crippen molar-refractivity contribution in [1.29, 1.82) is 0 Å². The van der Waals surface area contributed by atoms with Gasteiger partial charge >= 0.3 is 6.18 Å². The van der Waals surface area contributed by atoms with Gasteiger partial charge in [-0.1, -0.05) is 12.1 Å². The lowest BCUT2D eigenvalue weighted by molar-refractivity contribution is -0.137. The Hall–Kier alpha value is -1.07. The lowest BCUT2D eigenvalue weighted by atomic mass is 10.0. The van der Waals surface area contributed by atoms with Crippen LogP contribution in [-0.4, -0.2) is 31.1 Å². The Balaban J connectivity index is 2.17. The molecule has 1 aliphatic rings. The first-order valence-electron chi connectivity index (χ1n) is 5.99. The minimum atomic E-state index is -4.27. The highest BCUT2D eigenvalue weighted by Crippen LogP contribution is 2.32. The van der Waals surface area contributed by atoms with Crippen LogP contribution in [0.3, 0.4) is 0 Å². The van der Waals surface area contributed by atoms with Gasteiger partial charge in [0.2, 0.25) is 0 Å². The second kappa shape index (κ2) is 4.90. The minimum Gasteiger partial charge on any atom is -0.314 e. The van der Waals surface area contributed by atoms with Crippen molar-refractivity contribution in [3.8, 4) is 0 Å². The smallest absolute Gasteiger partial charge is 0.314 e. The van der Waals surface area contributed by atoms with Crippen LogP contribution in [0.4, 0.5) is 13.2 Å². The van der Waals surface area contributed by atoms with Crippen LogP contribution in [0, 0.1) is 0 Å². The van der Waals surface area contributed by atoms with E-state index >= 15 is 0 Å². The van der Waals surface area contributed by atoms with Crippen molar-refractivity contribution in [3.63, 3.8) is 0 Å². The van der Waals surface area contributed by atoms with Gasteiger partial charge in [0.05, 0.1) is 5.56 Å². The van der Waals surface area contributed by atoms with Crippen LogP contribution in [0.25, 0.3) is 0 Å². The molecule has 1 unspecified atom stereocenters. The molecule has 1 aliphatic heterocycles. The Morgan fingerprint density at radius 1 is 1.33 bits per heavy atom. The molecule has 18 heavy (non-hydrogen) atoms. The van der Waals surface area contributed by atoms with Gasteiger partial charge in [-0.2, -0.15) is 13.2 Å². The monoisotopic (exact) mass is 258 g/mol. The summed E-state index contributed by atoms with van der Waals surface area (Å²) in [5, 5.41) is 3.16. The fourth-order valence-corrected chi connectivity index (χ4v) is 2.09. The highest BCUT2D eigenvalue weighted by molar-refractivity contribution is 5.27. The van der Waals surface area contributed by atoms with Gasteiger partial charge in [-0.25, -0.2) is 0 Å². The van der Waals surface area contributed by atoms with Gasteiger partial charge in [0, 0.05) is 25.2 Å². The summed E-state index contributed by atoms with van der Waals surface area (Å²) in [6.07, 6.45) is -4.27. The maximum Gasteiger partial charge on any atom is 0.416 e. The van der Waals surface area contributed by atoms with E-state index in [1.165, 1.54) is 12.1 Å². The molecule has 0 aliphatic carbocycles. The van der Waals surface area contributed by atoms with Crippen LogP contribution in [0.5, 0.6) is 0 Å². The van der Waals surface area contributed by atoms with Crippen molar-refractivity contribution < 1.29 is 13.2 Å². The maximum absolute atomic E-state index is 12.6. The van der Waals surface area contributed by atoms with Crippen molar-refractivity contribution in [2.24, 2.45) is 0 Å². The summed E-state index contributed by atoms with van der Waals surface area (Å²) in [5.41, 5.74) is 0.131. The van der Waals surface area contributed by atoms with Gasteiger partial charge in [-0.05, 0) is 31.7 Å². The van der Waals surface area contributed by atoms with E-state index in [2.05, 4.69) is 10.2 Å². The molecular formula is C13H17F3N2. The number of nitrogens with zero attached hydrogens (tertiary/aromatic N) is 1. The van der Waals surface area contributed by atoms with E-state index in [4.69, 9.17) is 0 Å². The van der Waals surface area contributed by atoms with E-state index in [9.17, 15) is 13.2 Å². The molecule has 1 saturated heterocycles. The van der Waals surface area contributed by atoms with Crippen molar-refractivity contribution in [1.82, 2.24) is 10.2 Å². The molecule has 2 nitrogen and oxygen atoms in total. The number of alkyl halides is 3. The average molecular weight is 258 g/mol. The number of halogens is 3. The van der Waals surface area contributed by atoms with Crippen molar-refractivity contribution in [2.75, 3.05) is 20.1 Å². The lowest BCUT2D eigenvalue weighted by Crippen LogP contribution is -2.56. The molecule has 0 saturated carbocycles. The van der Waals surface area contributed by atoms with Crippen LogP contribution in [0.1, 0.15) is 24.1 Å². The fraction of sp³-hybridized carbons (Fsp3) is 0.538. The Labute approximate surface area is 105 Å². The summed E-state index contributed by atoms with van der Waals surface area (Å²) >= 11 is 0. The number of hydrogen-bond acceptors (Lipinski definition) is 2. The highest BCUT2D eigenvalue weighted by Gasteiger charge is 2.32. The third kappa shape index (κ3) is 2.67. The molecule has 0 radical (unpaired) electrons. The molecule has 1 atom stereocenters. The minimum absolute atomic E-state index is 0.0144. The van der Waals surface area contributed by atoms with Crippen LogP contribution >= 0.6 is 0 Å². The van der Waals surface area contributed by atoms with Crippen molar-refractivity contribution in [3.05, 3.63) is 35.4 Å². The van der Waals surface area contributed by atoms with Gasteiger partial charge in [0.1, 0.15) is 0 Å². The first-order valence-corrected chi connectivity index (χ1v) is 5.99. The van der Waals surface area contributed by atoms with Crippen LogP contribution in [-0.2, 0) is 6.18 Å². The van der Waals surface area contributed by atoms with Crippen LogP contribution in [0.15, 0.2) is 24.3 Å². The van der Waals surface area contributed by atoms with Crippen molar-refractivity contribution in [2.45, 2.75) is 25.2 Å². The number of nitrogens with one attached hydrogen (secondary N) is 1. The average Bonchev–Trinajstić information content (AvgIpc) is 2.24. The molecular weight excluding hydrogens is 241 g/mol. The molecule has 0 amide bonds. The third-order valence-electron chi connectivity index (χ3n) is 3.64. The molecule has 5 heteroatoms. The number of benzene rings is 1. The summed E-state index contributed by atoms with van der Waals surface area (Å²) in [7, 11) is 1.95. The highest BCUT2D eigenvalue weighted by atomic mass is 19.4. The molecule has 1 heterocycles. The fourth-order valence-electron chi connectivity index (χ4n) is 2.09. The second-order valence-electron chi connectivity index (χ2n) is 4.78. The van der Waals surface area contributed by atoms with E-state index in [0.29, 0.717) is 11.6 Å². The van der Waals surface area contributed by atoms with Crippen molar-refractivity contribution >= 4 is 0 Å². The molecule has 0 aromatic heterocycles. The first kappa shape index (κ1) is 13.4. The Morgan fingerprint density at radius 3 is 2.50 bits per heavy atom. The van der Waals surface area contributed by atoms with E-state index in [1.807, 2.05) is 14.0 Å². The van der Waals surface area contributed by atoms with Crippen LogP contribution in [0.2, 0.25) is 0 Å². The Morgan fingerprint density at radius 2 is 2.00 bits per heavy atom. The van der Waals surface area contributed by atoms with Crippen LogP contribution < -0.4 is 5.32 Å². The summed E-state index contributed by atoms with van der Waals surface area (Å²) in [5.74, 6) is 0. The molecule has 0 bridgehead atoms. The topological polar surface area (TPSA) is 15.3 Å². The zero-order valence-corrected chi connectivity index (χ0v) is 10.5. The van der Waals surface area contributed by atoms with Gasteiger partial charge in [0.15, 0.2) is 0 Å². The molecule has 0 spiro atoms. The standard InChI is InChI=1S/C13H17F3N2/c1-9(18(2)12-7-17-8-12)10-4-3-5-11(6-10)13(14,15)16/h3-6,9,12,17H,7-8H2,1-2H3.